The van der Waals surface area contributed by atoms with E-state index < -0.39 is 5.91 Å². The fourth-order valence-corrected chi connectivity index (χ4v) is 3.12. The van der Waals surface area contributed by atoms with Gasteiger partial charge < -0.3 is 9.73 Å². The van der Waals surface area contributed by atoms with Crippen molar-refractivity contribution in [1.29, 1.82) is 0 Å². The number of aryl methyl sites for hydroxylation is 1. The van der Waals surface area contributed by atoms with Gasteiger partial charge in [0.05, 0.1) is 11.3 Å². The van der Waals surface area contributed by atoms with Gasteiger partial charge in [-0.2, -0.15) is 0 Å². The Bertz CT molecular complexity index is 1120. The van der Waals surface area contributed by atoms with Crippen LogP contribution in [0.1, 0.15) is 43.4 Å². The molecule has 0 fully saturated rings. The summed E-state index contributed by atoms with van der Waals surface area (Å²) < 4.78 is 5.38. The molecule has 0 bridgehead atoms. The lowest BCUT2D eigenvalue weighted by atomic mass is 9.83. The molecule has 1 aliphatic rings. The second-order valence-electron chi connectivity index (χ2n) is 6.20. The average molecular weight is 357 g/mol. The standard InChI is InChI=1S/C22H15NO4/c1-13-9-10-14(27-13)11-12-19(24)23-18-8-4-7-17-20(18)22(26)16-6-3-2-5-15(16)21(17)25/h2-12H,1H3,(H,23,24). The largest absolute Gasteiger partial charge is 0.462 e. The molecule has 0 radical (unpaired) electrons. The summed E-state index contributed by atoms with van der Waals surface area (Å²) >= 11 is 0. The molecule has 1 aliphatic carbocycles. The molecule has 1 amide bonds. The molecule has 1 N–H and O–H groups in total. The van der Waals surface area contributed by atoms with Gasteiger partial charge in [0.2, 0.25) is 5.91 Å². The number of carbonyl (C=O) groups excluding carboxylic acids is 3. The topological polar surface area (TPSA) is 76.4 Å². The van der Waals surface area contributed by atoms with Crippen LogP contribution in [0.15, 0.2) is 65.1 Å². The third-order valence-electron chi connectivity index (χ3n) is 4.37. The first-order chi connectivity index (χ1) is 13.0. The van der Waals surface area contributed by atoms with Crippen LogP contribution >= 0.6 is 0 Å². The molecule has 0 unspecified atom stereocenters. The minimum atomic E-state index is -0.420. The zero-order chi connectivity index (χ0) is 19.0. The van der Waals surface area contributed by atoms with Crippen molar-refractivity contribution >= 4 is 29.2 Å². The molecule has 5 heteroatoms. The van der Waals surface area contributed by atoms with Gasteiger partial charge in [-0.15, -0.1) is 0 Å². The highest BCUT2D eigenvalue weighted by Crippen LogP contribution is 2.31. The van der Waals surface area contributed by atoms with E-state index in [0.29, 0.717) is 28.1 Å². The molecular formula is C22H15NO4. The number of amides is 1. The molecule has 0 spiro atoms. The average Bonchev–Trinajstić information content (AvgIpc) is 3.10. The number of nitrogens with one attached hydrogen (secondary N) is 1. The van der Waals surface area contributed by atoms with E-state index in [1.165, 1.54) is 6.08 Å². The zero-order valence-corrected chi connectivity index (χ0v) is 14.5. The number of rotatable bonds is 3. The second-order valence-corrected chi connectivity index (χ2v) is 6.20. The molecule has 132 valence electrons. The van der Waals surface area contributed by atoms with Gasteiger partial charge in [-0.25, -0.2) is 0 Å². The van der Waals surface area contributed by atoms with Gasteiger partial charge in [-0.3, -0.25) is 14.4 Å². The summed E-state index contributed by atoms with van der Waals surface area (Å²) in [6.45, 7) is 1.81. The summed E-state index contributed by atoms with van der Waals surface area (Å²) in [7, 11) is 0. The number of carbonyl (C=O) groups is 3. The quantitative estimate of drug-likeness (QED) is 0.562. The molecule has 1 aromatic heterocycles. The summed E-state index contributed by atoms with van der Waals surface area (Å²) in [5.41, 5.74) is 1.55. The van der Waals surface area contributed by atoms with Gasteiger partial charge >= 0.3 is 0 Å². The molecule has 5 nitrogen and oxygen atoms in total. The molecule has 27 heavy (non-hydrogen) atoms. The normalized spacial score (nSPS) is 12.8. The summed E-state index contributed by atoms with van der Waals surface area (Å²) in [6, 6.07) is 15.1. The van der Waals surface area contributed by atoms with Crippen LogP contribution in [0.2, 0.25) is 0 Å². The summed E-state index contributed by atoms with van der Waals surface area (Å²) in [6.07, 6.45) is 2.86. The molecule has 0 atom stereocenters. The van der Waals surface area contributed by atoms with Crippen molar-refractivity contribution in [3.05, 3.63) is 94.4 Å². The molecule has 0 saturated carbocycles. The number of hydrogen-bond donors (Lipinski definition) is 1. The highest BCUT2D eigenvalue weighted by molar-refractivity contribution is 6.30. The predicted molar refractivity (Wildman–Crippen MR) is 101 cm³/mol. The van der Waals surface area contributed by atoms with Crippen molar-refractivity contribution in [2.75, 3.05) is 5.32 Å². The van der Waals surface area contributed by atoms with Crippen LogP contribution in [0, 0.1) is 6.92 Å². The molecule has 0 saturated heterocycles. The predicted octanol–water partition coefficient (Wildman–Crippen LogP) is 4.02. The Balaban J connectivity index is 1.66. The van der Waals surface area contributed by atoms with Crippen LogP contribution in [0.3, 0.4) is 0 Å². The Morgan fingerprint density at radius 3 is 2.30 bits per heavy atom. The highest BCUT2D eigenvalue weighted by Gasteiger charge is 2.31. The van der Waals surface area contributed by atoms with E-state index in [4.69, 9.17) is 4.42 Å². The van der Waals surface area contributed by atoms with E-state index in [9.17, 15) is 14.4 Å². The summed E-state index contributed by atoms with van der Waals surface area (Å²) in [5, 5.41) is 2.69. The SMILES string of the molecule is Cc1ccc(C=CC(=O)Nc2cccc3c2C(=O)c2ccccc2C3=O)o1. The first kappa shape index (κ1) is 16.7. The Labute approximate surface area is 155 Å². The van der Waals surface area contributed by atoms with Crippen LogP contribution in [0.5, 0.6) is 0 Å². The minimum absolute atomic E-state index is 0.219. The lowest BCUT2D eigenvalue weighted by Crippen LogP contribution is -2.23. The smallest absolute Gasteiger partial charge is 0.248 e. The van der Waals surface area contributed by atoms with E-state index in [1.807, 2.05) is 6.92 Å². The van der Waals surface area contributed by atoms with Crippen LogP contribution in [0.4, 0.5) is 5.69 Å². The van der Waals surface area contributed by atoms with Gasteiger partial charge in [-0.05, 0) is 31.2 Å². The summed E-state index contributed by atoms with van der Waals surface area (Å²) in [5.74, 6) is 0.379. The number of ketones is 2. The van der Waals surface area contributed by atoms with E-state index >= 15 is 0 Å². The third-order valence-corrected chi connectivity index (χ3v) is 4.37. The number of furan rings is 1. The van der Waals surface area contributed by atoms with Gasteiger partial charge in [0.1, 0.15) is 11.5 Å². The fourth-order valence-electron chi connectivity index (χ4n) is 3.12. The van der Waals surface area contributed by atoms with Gasteiger partial charge in [0, 0.05) is 22.8 Å². The van der Waals surface area contributed by atoms with Crippen molar-refractivity contribution in [2.24, 2.45) is 0 Å². The van der Waals surface area contributed by atoms with Crippen molar-refractivity contribution in [1.82, 2.24) is 0 Å². The Morgan fingerprint density at radius 2 is 1.59 bits per heavy atom. The van der Waals surface area contributed by atoms with E-state index in [2.05, 4.69) is 5.32 Å². The first-order valence-corrected chi connectivity index (χ1v) is 8.41. The van der Waals surface area contributed by atoms with Crippen LogP contribution in [-0.2, 0) is 4.79 Å². The zero-order valence-electron chi connectivity index (χ0n) is 14.5. The van der Waals surface area contributed by atoms with E-state index in [0.717, 1.165) is 5.76 Å². The lowest BCUT2D eigenvalue weighted by Gasteiger charge is -2.20. The lowest BCUT2D eigenvalue weighted by molar-refractivity contribution is -0.111. The van der Waals surface area contributed by atoms with Gasteiger partial charge in [0.25, 0.3) is 0 Å². The van der Waals surface area contributed by atoms with Crippen LogP contribution < -0.4 is 5.32 Å². The maximum Gasteiger partial charge on any atom is 0.248 e. The molecular weight excluding hydrogens is 342 g/mol. The molecule has 4 rings (SSSR count). The Morgan fingerprint density at radius 1 is 0.889 bits per heavy atom. The fraction of sp³-hybridized carbons (Fsp3) is 0.0455. The molecule has 3 aromatic rings. The first-order valence-electron chi connectivity index (χ1n) is 8.41. The van der Waals surface area contributed by atoms with Crippen molar-refractivity contribution in [3.63, 3.8) is 0 Å². The Kier molecular flexibility index (Phi) is 4.05. The number of fused-ring (bicyclic) bond motifs is 2. The monoisotopic (exact) mass is 357 g/mol. The maximum absolute atomic E-state index is 12.9. The number of benzene rings is 2. The number of anilines is 1. The van der Waals surface area contributed by atoms with Gasteiger partial charge in [-0.1, -0.05) is 36.4 Å². The van der Waals surface area contributed by atoms with Crippen LogP contribution in [-0.4, -0.2) is 17.5 Å². The van der Waals surface area contributed by atoms with Crippen molar-refractivity contribution in [2.45, 2.75) is 6.92 Å². The summed E-state index contributed by atoms with van der Waals surface area (Å²) in [4.78, 5) is 37.9. The van der Waals surface area contributed by atoms with E-state index in [-0.39, 0.29) is 17.1 Å². The van der Waals surface area contributed by atoms with Crippen LogP contribution in [0.25, 0.3) is 6.08 Å². The highest BCUT2D eigenvalue weighted by atomic mass is 16.3. The minimum Gasteiger partial charge on any atom is -0.462 e. The second kappa shape index (κ2) is 6.53. The van der Waals surface area contributed by atoms with Gasteiger partial charge in [0.15, 0.2) is 11.6 Å². The van der Waals surface area contributed by atoms with Crippen molar-refractivity contribution in [3.8, 4) is 0 Å². The number of hydrogen-bond acceptors (Lipinski definition) is 4. The molecule has 0 aliphatic heterocycles. The van der Waals surface area contributed by atoms with E-state index in [1.54, 1.807) is 60.7 Å². The molecule has 1 heterocycles. The molecule has 2 aromatic carbocycles. The Hall–Kier alpha value is -3.73. The van der Waals surface area contributed by atoms with Crippen molar-refractivity contribution < 1.29 is 18.8 Å². The maximum atomic E-state index is 12.9. The third kappa shape index (κ3) is 3.00.